The van der Waals surface area contributed by atoms with Gasteiger partial charge in [-0.25, -0.2) is 4.39 Å². The van der Waals surface area contributed by atoms with E-state index >= 15 is 8.63 Å². The summed E-state index contributed by atoms with van der Waals surface area (Å²) in [5.74, 6) is -0.322. The van der Waals surface area contributed by atoms with Crippen molar-refractivity contribution in [3.8, 4) is 0 Å². The molecule has 0 spiro atoms. The number of nitrogens with zero attached hydrogens (tertiary/aromatic N) is 2. The number of aryl methyl sites for hydroxylation is 1. The highest BCUT2D eigenvalue weighted by Gasteiger charge is 2.56. The summed E-state index contributed by atoms with van der Waals surface area (Å²) in [6, 6.07) is 4.62. The predicted octanol–water partition coefficient (Wildman–Crippen LogP) is 6.32. The van der Waals surface area contributed by atoms with Gasteiger partial charge < -0.3 is 17.6 Å². The summed E-state index contributed by atoms with van der Waals surface area (Å²) < 4.78 is 48.7. The lowest BCUT2D eigenvalue weighted by Crippen LogP contribution is -2.51. The SMILES string of the molecule is CCC1=C(C)C2=C(c3ccc(F)cc3C)c3c(C)c(CC)c(C)n3[B-](F)(F)[N+]2=C1C. The Labute approximate surface area is 176 Å². The summed E-state index contributed by atoms with van der Waals surface area (Å²) >= 11 is 0. The summed E-state index contributed by atoms with van der Waals surface area (Å²) in [4.78, 5) is 0. The van der Waals surface area contributed by atoms with Gasteiger partial charge in [0.25, 0.3) is 0 Å². The highest BCUT2D eigenvalue weighted by atomic mass is 19.2. The molecular formula is C24H28BF3N2. The van der Waals surface area contributed by atoms with Crippen molar-refractivity contribution < 1.29 is 17.5 Å². The standard InChI is InChI=1S/C24H28BF3N2/c1-8-19-14(4)23-22(21-11-10-18(26)12-13(21)3)24-15(5)20(9-2)17(7)30(24)25(27,28)29(23)16(19)6/h10-12H,8-9H2,1-7H3. The van der Waals surface area contributed by atoms with Crippen LogP contribution in [0.5, 0.6) is 0 Å². The molecule has 0 fully saturated rings. The van der Waals surface area contributed by atoms with Gasteiger partial charge in [-0.15, -0.1) is 0 Å². The van der Waals surface area contributed by atoms with Crippen molar-refractivity contribution in [3.05, 3.63) is 74.5 Å². The molecule has 0 unspecified atom stereocenters. The van der Waals surface area contributed by atoms with Crippen molar-refractivity contribution >= 4 is 18.3 Å². The molecule has 2 nitrogen and oxygen atoms in total. The third-order valence-corrected chi connectivity index (χ3v) is 6.95. The second kappa shape index (κ2) is 6.76. The van der Waals surface area contributed by atoms with Crippen LogP contribution in [0.3, 0.4) is 0 Å². The average Bonchev–Trinajstić information content (AvgIpc) is 3.08. The lowest BCUT2D eigenvalue weighted by Gasteiger charge is -2.34. The van der Waals surface area contributed by atoms with E-state index in [1.165, 1.54) is 21.1 Å². The molecule has 1 aromatic carbocycles. The summed E-state index contributed by atoms with van der Waals surface area (Å²) in [5, 5.41) is 0. The summed E-state index contributed by atoms with van der Waals surface area (Å²) in [5.41, 5.74) is 8.38. The van der Waals surface area contributed by atoms with E-state index in [1.54, 1.807) is 19.9 Å². The molecule has 0 bridgehead atoms. The quantitative estimate of drug-likeness (QED) is 0.521. The average molecular weight is 412 g/mol. The minimum atomic E-state index is -4.04. The van der Waals surface area contributed by atoms with Crippen LogP contribution in [0.2, 0.25) is 0 Å². The first-order valence-corrected chi connectivity index (χ1v) is 10.6. The first-order chi connectivity index (χ1) is 14.1. The fourth-order valence-electron chi connectivity index (χ4n) is 5.64. The predicted molar refractivity (Wildman–Crippen MR) is 118 cm³/mol. The van der Waals surface area contributed by atoms with Gasteiger partial charge in [0.2, 0.25) is 0 Å². The molecule has 0 aliphatic carbocycles. The molecule has 0 saturated heterocycles. The third kappa shape index (κ3) is 2.49. The fraction of sp³-hybridized carbons (Fsp3) is 0.375. The first-order valence-electron chi connectivity index (χ1n) is 10.6. The topological polar surface area (TPSA) is 7.94 Å². The zero-order valence-corrected chi connectivity index (χ0v) is 18.8. The maximum atomic E-state index is 16.1. The van der Waals surface area contributed by atoms with Gasteiger partial charge in [0.05, 0.1) is 5.57 Å². The minimum absolute atomic E-state index is 0.322. The molecule has 0 amide bonds. The van der Waals surface area contributed by atoms with Crippen LogP contribution >= 0.6 is 0 Å². The molecular weight excluding hydrogens is 384 g/mol. The van der Waals surface area contributed by atoms with E-state index in [4.69, 9.17) is 0 Å². The van der Waals surface area contributed by atoms with Crippen LogP contribution in [0.15, 0.2) is 35.0 Å². The Bertz CT molecular complexity index is 1200. The smallest absolute Gasteiger partial charge is 0.393 e. The number of rotatable bonds is 3. The molecule has 2 aliphatic rings. The molecule has 2 aliphatic heterocycles. The van der Waals surface area contributed by atoms with Crippen LogP contribution in [0.4, 0.5) is 13.0 Å². The van der Waals surface area contributed by atoms with E-state index in [-0.39, 0.29) is 5.82 Å². The van der Waals surface area contributed by atoms with E-state index in [0.717, 1.165) is 39.0 Å². The molecule has 6 heteroatoms. The van der Waals surface area contributed by atoms with Gasteiger partial charge in [-0.3, -0.25) is 0 Å². The lowest BCUT2D eigenvalue weighted by molar-refractivity contribution is -0.363. The van der Waals surface area contributed by atoms with Crippen molar-refractivity contribution in [2.75, 3.05) is 0 Å². The highest BCUT2D eigenvalue weighted by Crippen LogP contribution is 2.47. The van der Waals surface area contributed by atoms with E-state index in [0.29, 0.717) is 35.6 Å². The molecule has 0 saturated carbocycles. The van der Waals surface area contributed by atoms with Gasteiger partial charge in [-0.05, 0) is 80.6 Å². The Hall–Kier alpha value is -2.50. The van der Waals surface area contributed by atoms with E-state index in [9.17, 15) is 4.39 Å². The largest absolute Gasteiger partial charge is 0.737 e. The number of fused-ring (bicyclic) bond motifs is 2. The molecule has 1 aromatic heterocycles. The number of allylic oxidation sites excluding steroid dienone is 2. The molecule has 0 N–H and O–H groups in total. The van der Waals surface area contributed by atoms with Gasteiger partial charge in [-0.2, -0.15) is 0 Å². The Balaban J connectivity index is 2.25. The van der Waals surface area contributed by atoms with Gasteiger partial charge in [0.1, 0.15) is 11.5 Å². The number of hydrogen-bond donors (Lipinski definition) is 0. The molecule has 30 heavy (non-hydrogen) atoms. The fourth-order valence-corrected chi connectivity index (χ4v) is 5.64. The van der Waals surface area contributed by atoms with Crippen molar-refractivity contribution in [1.29, 1.82) is 0 Å². The van der Waals surface area contributed by atoms with Crippen LogP contribution in [0.1, 0.15) is 67.8 Å². The second-order valence-electron chi connectivity index (χ2n) is 8.44. The van der Waals surface area contributed by atoms with Crippen LogP contribution in [-0.2, 0) is 6.42 Å². The molecule has 3 heterocycles. The van der Waals surface area contributed by atoms with Gasteiger partial charge in [-0.1, -0.05) is 19.9 Å². The van der Waals surface area contributed by atoms with Crippen LogP contribution < -0.4 is 0 Å². The van der Waals surface area contributed by atoms with Crippen LogP contribution in [0, 0.1) is 26.6 Å². The molecule has 4 rings (SSSR count). The maximum absolute atomic E-state index is 16.1. The highest BCUT2D eigenvalue weighted by molar-refractivity contribution is 6.58. The lowest BCUT2D eigenvalue weighted by atomic mass is 9.82. The van der Waals surface area contributed by atoms with Gasteiger partial charge in [0.15, 0.2) is 5.70 Å². The van der Waals surface area contributed by atoms with Crippen molar-refractivity contribution in [2.45, 2.75) is 61.3 Å². The summed E-state index contributed by atoms with van der Waals surface area (Å²) in [7, 11) is 0. The normalized spacial score (nSPS) is 17.8. The molecule has 2 aromatic rings. The van der Waals surface area contributed by atoms with E-state index in [1.807, 2.05) is 34.6 Å². The Morgan fingerprint density at radius 3 is 2.23 bits per heavy atom. The maximum Gasteiger partial charge on any atom is 0.737 e. The number of aromatic nitrogens is 1. The van der Waals surface area contributed by atoms with Gasteiger partial charge >= 0.3 is 6.97 Å². The Morgan fingerprint density at radius 2 is 1.67 bits per heavy atom. The van der Waals surface area contributed by atoms with Crippen molar-refractivity contribution in [1.82, 2.24) is 4.48 Å². The zero-order chi connectivity index (χ0) is 22.1. The van der Waals surface area contributed by atoms with Crippen LogP contribution in [-0.4, -0.2) is 21.6 Å². The number of hydrogen-bond acceptors (Lipinski definition) is 0. The number of benzene rings is 1. The Kier molecular flexibility index (Phi) is 4.68. The van der Waals surface area contributed by atoms with Crippen molar-refractivity contribution in [3.63, 3.8) is 0 Å². The van der Waals surface area contributed by atoms with E-state index < -0.39 is 6.97 Å². The molecule has 0 radical (unpaired) electrons. The molecule has 158 valence electrons. The second-order valence-corrected chi connectivity index (χ2v) is 8.44. The Morgan fingerprint density at radius 1 is 1.00 bits per heavy atom. The minimum Gasteiger partial charge on any atom is -0.393 e. The third-order valence-electron chi connectivity index (χ3n) is 6.95. The zero-order valence-electron chi connectivity index (χ0n) is 18.8. The monoisotopic (exact) mass is 412 g/mol. The number of halogens is 3. The van der Waals surface area contributed by atoms with Crippen LogP contribution in [0.25, 0.3) is 5.57 Å². The molecule has 0 atom stereocenters. The van der Waals surface area contributed by atoms with E-state index in [2.05, 4.69) is 0 Å². The first kappa shape index (κ1) is 20.8. The summed E-state index contributed by atoms with van der Waals surface area (Å²) in [6.45, 7) is 9.26. The van der Waals surface area contributed by atoms with Crippen molar-refractivity contribution in [2.24, 2.45) is 0 Å². The van der Waals surface area contributed by atoms with Gasteiger partial charge in [0, 0.05) is 23.8 Å². The summed E-state index contributed by atoms with van der Waals surface area (Å²) in [6.07, 6.45) is 1.37.